The summed E-state index contributed by atoms with van der Waals surface area (Å²) in [5.41, 5.74) is 1.23. The number of aryl methyl sites for hydroxylation is 1. The summed E-state index contributed by atoms with van der Waals surface area (Å²) >= 11 is 2.66. The van der Waals surface area contributed by atoms with Gasteiger partial charge in [-0.2, -0.15) is 4.31 Å². The molecule has 1 saturated heterocycles. The molecule has 1 amide bonds. The molecule has 188 valence electrons. The van der Waals surface area contributed by atoms with Crippen molar-refractivity contribution in [1.82, 2.24) is 9.62 Å². The summed E-state index contributed by atoms with van der Waals surface area (Å²) in [5.74, 6) is 2.21. The maximum absolute atomic E-state index is 13.5. The van der Waals surface area contributed by atoms with Crippen LogP contribution in [-0.4, -0.2) is 53.9 Å². The van der Waals surface area contributed by atoms with Crippen LogP contribution < -0.4 is 5.32 Å². The maximum atomic E-state index is 13.5. The van der Waals surface area contributed by atoms with E-state index in [1.165, 1.54) is 36.4 Å². The summed E-state index contributed by atoms with van der Waals surface area (Å²) < 4.78 is 34.8. The van der Waals surface area contributed by atoms with Crippen LogP contribution in [0.4, 0.5) is 0 Å². The van der Waals surface area contributed by atoms with Gasteiger partial charge in [0.2, 0.25) is 10.0 Å². The second-order valence-electron chi connectivity index (χ2n) is 11.5. The number of amides is 1. The van der Waals surface area contributed by atoms with Crippen molar-refractivity contribution in [3.05, 3.63) is 29.3 Å². The Kier molecular flexibility index (Phi) is 6.60. The van der Waals surface area contributed by atoms with E-state index >= 15 is 0 Å². The zero-order valence-corrected chi connectivity index (χ0v) is 23.6. The molecule has 6 unspecified atom stereocenters. The number of carbonyl (C=O) groups excluding carboxylic acids is 1. The summed E-state index contributed by atoms with van der Waals surface area (Å²) in [4.78, 5) is 13.6. The molecule has 1 aliphatic heterocycles. The maximum Gasteiger partial charge on any atom is 0.251 e. The Hall–Kier alpha value is -0.710. The molecule has 0 aromatic heterocycles. The standard InChI is InChI=1S/C26H37IN2O4S/c1-15-5-6-21(10-23(15)34(31,32)29-13-16(2)33-17(3)14-29)25(30)28-18(4)26-11-19-7-20(12-26)9-22(8-19)24(26)27/h5-6,10,16-20,22,24H,7-9,11-14H2,1-4H3,(H,28,30). The molecule has 1 N–H and O–H groups in total. The van der Waals surface area contributed by atoms with Crippen LogP contribution in [0.15, 0.2) is 23.1 Å². The van der Waals surface area contributed by atoms with Gasteiger partial charge in [-0.15, -0.1) is 0 Å². The van der Waals surface area contributed by atoms with Gasteiger partial charge in [0.25, 0.3) is 5.91 Å². The first-order valence-electron chi connectivity index (χ1n) is 12.7. The Morgan fingerprint density at radius 1 is 1.15 bits per heavy atom. The zero-order valence-electron chi connectivity index (χ0n) is 20.6. The van der Waals surface area contributed by atoms with Crippen molar-refractivity contribution in [2.75, 3.05) is 13.1 Å². The number of nitrogens with one attached hydrogen (secondary N) is 1. The minimum atomic E-state index is -3.72. The minimum Gasteiger partial charge on any atom is -0.373 e. The normalized spacial score (nSPS) is 38.6. The van der Waals surface area contributed by atoms with Crippen molar-refractivity contribution in [3.63, 3.8) is 0 Å². The Morgan fingerprint density at radius 3 is 2.38 bits per heavy atom. The van der Waals surface area contributed by atoms with Crippen molar-refractivity contribution in [1.29, 1.82) is 0 Å². The summed E-state index contributed by atoms with van der Waals surface area (Å²) in [7, 11) is -3.72. The Morgan fingerprint density at radius 2 is 1.76 bits per heavy atom. The molecule has 1 aromatic rings. The predicted molar refractivity (Wildman–Crippen MR) is 141 cm³/mol. The number of halogens is 1. The van der Waals surface area contributed by atoms with Gasteiger partial charge in [0.15, 0.2) is 0 Å². The van der Waals surface area contributed by atoms with Crippen LogP contribution in [0.5, 0.6) is 0 Å². The molecule has 0 radical (unpaired) electrons. The Labute approximate surface area is 217 Å². The lowest BCUT2D eigenvalue weighted by Gasteiger charge is -2.61. The van der Waals surface area contributed by atoms with Gasteiger partial charge in [-0.1, -0.05) is 28.7 Å². The molecule has 1 aromatic carbocycles. The van der Waals surface area contributed by atoms with Gasteiger partial charge in [-0.25, -0.2) is 8.42 Å². The molecule has 34 heavy (non-hydrogen) atoms. The first-order chi connectivity index (χ1) is 16.0. The van der Waals surface area contributed by atoms with Crippen molar-refractivity contribution in [2.45, 2.75) is 86.9 Å². The number of benzene rings is 1. The largest absolute Gasteiger partial charge is 0.373 e. The van der Waals surface area contributed by atoms with Crippen LogP contribution in [0.25, 0.3) is 0 Å². The Balaban J connectivity index is 1.37. The van der Waals surface area contributed by atoms with Crippen LogP contribution in [0, 0.1) is 30.1 Å². The molecular formula is C26H37IN2O4S. The van der Waals surface area contributed by atoms with Crippen molar-refractivity contribution < 1.29 is 17.9 Å². The highest BCUT2D eigenvalue weighted by atomic mass is 127. The second kappa shape index (κ2) is 8.99. The summed E-state index contributed by atoms with van der Waals surface area (Å²) in [6.45, 7) is 8.38. The monoisotopic (exact) mass is 600 g/mol. The van der Waals surface area contributed by atoms with E-state index in [0.717, 1.165) is 17.8 Å². The van der Waals surface area contributed by atoms with E-state index in [2.05, 4.69) is 34.8 Å². The van der Waals surface area contributed by atoms with E-state index < -0.39 is 10.0 Å². The first kappa shape index (κ1) is 25.0. The van der Waals surface area contributed by atoms with E-state index in [9.17, 15) is 13.2 Å². The van der Waals surface area contributed by atoms with Crippen molar-refractivity contribution >= 4 is 38.5 Å². The third-order valence-electron chi connectivity index (χ3n) is 8.90. The average molecular weight is 601 g/mol. The highest BCUT2D eigenvalue weighted by Crippen LogP contribution is 2.63. The first-order valence-corrected chi connectivity index (χ1v) is 15.4. The highest BCUT2D eigenvalue weighted by molar-refractivity contribution is 14.1. The van der Waals surface area contributed by atoms with Gasteiger partial charge in [0, 0.05) is 34.0 Å². The minimum absolute atomic E-state index is 0.0672. The van der Waals surface area contributed by atoms with Gasteiger partial charge < -0.3 is 10.1 Å². The third kappa shape index (κ3) is 4.24. The zero-order chi connectivity index (χ0) is 24.4. The van der Waals surface area contributed by atoms with Gasteiger partial charge in [0.1, 0.15) is 0 Å². The van der Waals surface area contributed by atoms with Crippen LogP contribution in [0.3, 0.4) is 0 Å². The van der Waals surface area contributed by atoms with Crippen molar-refractivity contribution in [3.8, 4) is 0 Å². The number of morpholine rings is 1. The van der Waals surface area contributed by atoms with Gasteiger partial charge in [-0.3, -0.25) is 4.79 Å². The molecule has 6 atom stereocenters. The lowest BCUT2D eigenvalue weighted by molar-refractivity contribution is -0.0562. The van der Waals surface area contributed by atoms with E-state index in [4.69, 9.17) is 4.74 Å². The van der Waals surface area contributed by atoms with E-state index in [0.29, 0.717) is 28.1 Å². The summed E-state index contributed by atoms with van der Waals surface area (Å²) in [6, 6.07) is 5.14. The molecule has 6 rings (SSSR count). The number of sulfonamides is 1. The van der Waals surface area contributed by atoms with Crippen LogP contribution in [0.2, 0.25) is 0 Å². The van der Waals surface area contributed by atoms with E-state index in [1.54, 1.807) is 25.1 Å². The third-order valence-corrected chi connectivity index (χ3v) is 13.1. The lowest BCUT2D eigenvalue weighted by atomic mass is 9.48. The molecular weight excluding hydrogens is 563 g/mol. The number of ether oxygens (including phenoxy) is 1. The smallest absolute Gasteiger partial charge is 0.251 e. The molecule has 4 saturated carbocycles. The summed E-state index contributed by atoms with van der Waals surface area (Å²) in [5, 5.41) is 3.30. The average Bonchev–Trinajstić information content (AvgIpc) is 2.76. The lowest BCUT2D eigenvalue weighted by Crippen LogP contribution is -2.61. The molecule has 5 aliphatic rings. The summed E-state index contributed by atoms with van der Waals surface area (Å²) in [6.07, 6.45) is 6.15. The van der Waals surface area contributed by atoms with Crippen LogP contribution >= 0.6 is 22.6 Å². The molecule has 8 heteroatoms. The van der Waals surface area contributed by atoms with Gasteiger partial charge >= 0.3 is 0 Å². The highest BCUT2D eigenvalue weighted by Gasteiger charge is 2.58. The Bertz CT molecular complexity index is 1050. The number of nitrogens with zero attached hydrogens (tertiary/aromatic N) is 1. The molecule has 5 fully saturated rings. The number of rotatable bonds is 5. The SMILES string of the molecule is Cc1ccc(C(=O)NC(C)C23CC4CC(CC(C4)C2I)C3)cc1S(=O)(=O)N1CC(C)OC(C)C1. The van der Waals surface area contributed by atoms with E-state index in [-0.39, 0.29) is 34.5 Å². The van der Waals surface area contributed by atoms with E-state index in [1.807, 2.05) is 13.8 Å². The molecule has 4 aliphatic carbocycles. The quantitative estimate of drug-likeness (QED) is 0.398. The molecule has 1 heterocycles. The number of hydrogen-bond acceptors (Lipinski definition) is 4. The van der Waals surface area contributed by atoms with Gasteiger partial charge in [-0.05, 0) is 95.2 Å². The molecule has 6 nitrogen and oxygen atoms in total. The number of hydrogen-bond donors (Lipinski definition) is 1. The predicted octanol–water partition coefficient (Wildman–Crippen LogP) is 4.54. The fourth-order valence-electron chi connectivity index (χ4n) is 7.54. The molecule has 4 bridgehead atoms. The molecule has 0 spiro atoms. The topological polar surface area (TPSA) is 75.7 Å². The second-order valence-corrected chi connectivity index (χ2v) is 14.7. The fraction of sp³-hybridized carbons (Fsp3) is 0.731. The number of carbonyl (C=O) groups is 1. The van der Waals surface area contributed by atoms with Crippen molar-refractivity contribution in [2.24, 2.45) is 23.2 Å². The fourth-order valence-corrected chi connectivity index (χ4v) is 11.0. The van der Waals surface area contributed by atoms with Crippen LogP contribution in [-0.2, 0) is 14.8 Å². The van der Waals surface area contributed by atoms with Crippen LogP contribution in [0.1, 0.15) is 68.8 Å². The number of alkyl halides is 1. The van der Waals surface area contributed by atoms with Gasteiger partial charge in [0.05, 0.1) is 17.1 Å².